The smallest absolute Gasteiger partial charge is 0.396 e. The van der Waals surface area contributed by atoms with Gasteiger partial charge in [0.15, 0.2) is 0 Å². The van der Waals surface area contributed by atoms with Crippen molar-refractivity contribution in [3.05, 3.63) is 0 Å². The van der Waals surface area contributed by atoms with E-state index in [0.717, 1.165) is 0 Å². The summed E-state index contributed by atoms with van der Waals surface area (Å²) < 4.78 is 4.25. The molecule has 0 spiro atoms. The number of amides is 1. The van der Waals surface area contributed by atoms with E-state index in [4.69, 9.17) is 0 Å². The fourth-order valence-electron chi connectivity index (χ4n) is 0.466. The highest BCUT2D eigenvalue weighted by molar-refractivity contribution is 6.32. The number of carbonyl (C=O) groups excluding carboxylic acids is 2. The molecule has 0 saturated carbocycles. The van der Waals surface area contributed by atoms with Crippen LogP contribution in [0.1, 0.15) is 13.8 Å². The minimum Gasteiger partial charge on any atom is -0.462 e. The molecule has 0 bridgehead atoms. The third-order valence-corrected chi connectivity index (χ3v) is 1.45. The first-order valence-corrected chi connectivity index (χ1v) is 3.35. The molecule has 0 aliphatic carbocycles. The van der Waals surface area contributed by atoms with Crippen molar-refractivity contribution in [1.82, 2.24) is 4.90 Å². The number of hydrogen-bond acceptors (Lipinski definition) is 3. The van der Waals surface area contributed by atoms with E-state index < -0.39 is 11.9 Å². The van der Waals surface area contributed by atoms with Crippen molar-refractivity contribution in [2.45, 2.75) is 19.9 Å². The van der Waals surface area contributed by atoms with Crippen LogP contribution in [-0.2, 0) is 14.3 Å². The van der Waals surface area contributed by atoms with Crippen molar-refractivity contribution in [3.63, 3.8) is 0 Å². The lowest BCUT2D eigenvalue weighted by molar-refractivity contribution is -0.158. The van der Waals surface area contributed by atoms with E-state index >= 15 is 0 Å². The monoisotopic (exact) mass is 159 g/mol. The van der Waals surface area contributed by atoms with E-state index in [9.17, 15) is 9.59 Å². The number of hydrogen-bond donors (Lipinski definition) is 0. The van der Waals surface area contributed by atoms with Crippen molar-refractivity contribution < 1.29 is 14.3 Å². The van der Waals surface area contributed by atoms with Crippen molar-refractivity contribution in [2.24, 2.45) is 0 Å². The highest BCUT2D eigenvalue weighted by atomic mass is 16.5. The molecule has 64 valence electrons. The third-order valence-electron chi connectivity index (χ3n) is 1.45. The van der Waals surface area contributed by atoms with E-state index in [0.29, 0.717) is 0 Å². The summed E-state index contributed by atoms with van der Waals surface area (Å²) in [5.41, 5.74) is 0. The van der Waals surface area contributed by atoms with Gasteiger partial charge in [-0.05, 0) is 13.8 Å². The first-order valence-electron chi connectivity index (χ1n) is 3.35. The SMILES string of the molecule is COC(=O)C(=O)N(C)C(C)C. The van der Waals surface area contributed by atoms with Crippen LogP contribution in [0.25, 0.3) is 0 Å². The number of ether oxygens (including phenoxy) is 1. The molecule has 11 heavy (non-hydrogen) atoms. The first kappa shape index (κ1) is 9.94. The van der Waals surface area contributed by atoms with Gasteiger partial charge in [-0.3, -0.25) is 4.79 Å². The van der Waals surface area contributed by atoms with Gasteiger partial charge in [0, 0.05) is 13.1 Å². The molecular weight excluding hydrogens is 146 g/mol. The van der Waals surface area contributed by atoms with Crippen LogP contribution in [0, 0.1) is 0 Å². The quantitative estimate of drug-likeness (QED) is 0.400. The van der Waals surface area contributed by atoms with Crippen molar-refractivity contribution in [1.29, 1.82) is 0 Å². The first-order chi connectivity index (χ1) is 5.00. The molecule has 0 aromatic carbocycles. The predicted molar refractivity (Wildman–Crippen MR) is 39.9 cm³/mol. The molecule has 0 rings (SSSR count). The summed E-state index contributed by atoms with van der Waals surface area (Å²) in [5, 5.41) is 0. The van der Waals surface area contributed by atoms with Gasteiger partial charge in [-0.15, -0.1) is 0 Å². The van der Waals surface area contributed by atoms with Crippen LogP contribution in [0.3, 0.4) is 0 Å². The molecule has 0 saturated heterocycles. The Morgan fingerprint density at radius 3 is 2.09 bits per heavy atom. The number of rotatable bonds is 1. The Labute approximate surface area is 66.1 Å². The second kappa shape index (κ2) is 3.95. The Bertz CT molecular complexity index is 165. The Hall–Kier alpha value is -1.06. The maximum absolute atomic E-state index is 11.0. The fraction of sp³-hybridized carbons (Fsp3) is 0.714. The van der Waals surface area contributed by atoms with Gasteiger partial charge in [-0.1, -0.05) is 0 Å². The summed E-state index contributed by atoms with van der Waals surface area (Å²) in [7, 11) is 2.75. The van der Waals surface area contributed by atoms with Crippen LogP contribution in [0.15, 0.2) is 0 Å². The van der Waals surface area contributed by atoms with Gasteiger partial charge < -0.3 is 9.64 Å². The van der Waals surface area contributed by atoms with Crippen LogP contribution in [0.5, 0.6) is 0 Å². The second-order valence-corrected chi connectivity index (χ2v) is 2.50. The van der Waals surface area contributed by atoms with Gasteiger partial charge in [0.1, 0.15) is 0 Å². The van der Waals surface area contributed by atoms with Gasteiger partial charge in [-0.25, -0.2) is 4.79 Å². The largest absolute Gasteiger partial charge is 0.462 e. The minimum absolute atomic E-state index is 0.0154. The highest BCUT2D eigenvalue weighted by Crippen LogP contribution is 1.94. The van der Waals surface area contributed by atoms with Crippen LogP contribution < -0.4 is 0 Å². The lowest BCUT2D eigenvalue weighted by Gasteiger charge is -2.19. The maximum atomic E-state index is 11.0. The van der Waals surface area contributed by atoms with Gasteiger partial charge in [0.25, 0.3) is 0 Å². The molecule has 0 fully saturated rings. The molecular formula is C7H13NO3. The summed E-state index contributed by atoms with van der Waals surface area (Å²) in [6, 6.07) is 0.0154. The molecule has 4 nitrogen and oxygen atoms in total. The lowest BCUT2D eigenvalue weighted by atomic mass is 10.3. The van der Waals surface area contributed by atoms with Gasteiger partial charge in [-0.2, -0.15) is 0 Å². The zero-order valence-electron chi connectivity index (χ0n) is 7.25. The number of likely N-dealkylation sites (N-methyl/N-ethyl adjacent to an activating group) is 1. The number of esters is 1. The standard InChI is InChI=1S/C7H13NO3/c1-5(2)8(3)6(9)7(10)11-4/h5H,1-4H3. The minimum atomic E-state index is -0.818. The normalized spacial score (nSPS) is 9.55. The number of carbonyl (C=O) groups is 2. The van der Waals surface area contributed by atoms with Crippen molar-refractivity contribution in [3.8, 4) is 0 Å². The Morgan fingerprint density at radius 2 is 1.82 bits per heavy atom. The highest BCUT2D eigenvalue weighted by Gasteiger charge is 2.20. The Balaban J connectivity index is 4.14. The van der Waals surface area contributed by atoms with E-state index in [1.807, 2.05) is 13.8 Å². The van der Waals surface area contributed by atoms with Crippen LogP contribution in [0.4, 0.5) is 0 Å². The van der Waals surface area contributed by atoms with Crippen LogP contribution in [0.2, 0.25) is 0 Å². The molecule has 0 aromatic rings. The Morgan fingerprint density at radius 1 is 1.36 bits per heavy atom. The number of methoxy groups -OCH3 is 1. The third kappa shape index (κ3) is 2.57. The van der Waals surface area contributed by atoms with E-state index in [1.165, 1.54) is 12.0 Å². The molecule has 0 atom stereocenters. The lowest BCUT2D eigenvalue weighted by Crippen LogP contribution is -2.38. The van der Waals surface area contributed by atoms with E-state index in [-0.39, 0.29) is 6.04 Å². The molecule has 1 amide bonds. The van der Waals surface area contributed by atoms with E-state index in [1.54, 1.807) is 7.05 Å². The summed E-state index contributed by atoms with van der Waals surface area (Å²) in [6.45, 7) is 3.64. The van der Waals surface area contributed by atoms with Crippen LogP contribution >= 0.6 is 0 Å². The Kier molecular flexibility index (Phi) is 3.57. The number of nitrogens with zero attached hydrogens (tertiary/aromatic N) is 1. The van der Waals surface area contributed by atoms with Gasteiger partial charge >= 0.3 is 11.9 Å². The fourth-order valence-corrected chi connectivity index (χ4v) is 0.466. The molecule has 0 heterocycles. The average Bonchev–Trinajstić information content (AvgIpc) is 2.00. The summed E-state index contributed by atoms with van der Waals surface area (Å²) >= 11 is 0. The zero-order chi connectivity index (χ0) is 9.02. The van der Waals surface area contributed by atoms with Crippen LogP contribution in [-0.4, -0.2) is 37.0 Å². The second-order valence-electron chi connectivity index (χ2n) is 2.50. The molecule has 4 heteroatoms. The summed E-state index contributed by atoms with van der Waals surface area (Å²) in [5.74, 6) is -1.43. The molecule has 0 aromatic heterocycles. The summed E-state index contributed by atoms with van der Waals surface area (Å²) in [4.78, 5) is 22.9. The van der Waals surface area contributed by atoms with E-state index in [2.05, 4.69) is 4.74 Å². The molecule has 0 aliphatic heterocycles. The van der Waals surface area contributed by atoms with Gasteiger partial charge in [0.2, 0.25) is 0 Å². The van der Waals surface area contributed by atoms with Crippen molar-refractivity contribution >= 4 is 11.9 Å². The average molecular weight is 159 g/mol. The van der Waals surface area contributed by atoms with Crippen molar-refractivity contribution in [2.75, 3.05) is 14.2 Å². The molecule has 0 aliphatic rings. The predicted octanol–water partition coefficient (Wildman–Crippen LogP) is 0.0262. The molecule has 0 radical (unpaired) electrons. The summed E-state index contributed by atoms with van der Waals surface area (Å²) in [6.07, 6.45) is 0. The zero-order valence-corrected chi connectivity index (χ0v) is 7.25. The molecule has 0 N–H and O–H groups in total. The maximum Gasteiger partial charge on any atom is 0.396 e. The molecule has 0 unspecified atom stereocenters. The van der Waals surface area contributed by atoms with Gasteiger partial charge in [0.05, 0.1) is 7.11 Å². The topological polar surface area (TPSA) is 46.6 Å².